The van der Waals surface area contributed by atoms with E-state index in [-0.39, 0.29) is 11.3 Å². The highest BCUT2D eigenvalue weighted by Gasteiger charge is 2.34. The van der Waals surface area contributed by atoms with Crippen LogP contribution in [0.4, 0.5) is 0 Å². The van der Waals surface area contributed by atoms with E-state index in [9.17, 15) is 9.90 Å². The lowest BCUT2D eigenvalue weighted by atomic mass is 10.2. The number of nitrogens with zero attached hydrogens (tertiary/aromatic N) is 1. The summed E-state index contributed by atoms with van der Waals surface area (Å²) in [5.41, 5.74) is 0.936. The lowest BCUT2D eigenvalue weighted by Crippen LogP contribution is -2.34. The predicted molar refractivity (Wildman–Crippen MR) is 70.0 cm³/mol. The van der Waals surface area contributed by atoms with Gasteiger partial charge in [-0.25, -0.2) is 0 Å². The maximum absolute atomic E-state index is 11.8. The molecule has 2 atom stereocenters. The molecule has 1 amide bonds. The van der Waals surface area contributed by atoms with Crippen molar-refractivity contribution >= 4 is 29.3 Å². The van der Waals surface area contributed by atoms with Gasteiger partial charge in [0.1, 0.15) is 5.37 Å². The first-order valence-electron chi connectivity index (χ1n) is 5.43. The molecule has 0 aliphatic carbocycles. The Hall–Kier alpha value is -0.710. The molecule has 0 unspecified atom stereocenters. The van der Waals surface area contributed by atoms with E-state index in [1.54, 1.807) is 23.6 Å². The second-order valence-corrected chi connectivity index (χ2v) is 5.56. The number of carbonyl (C=O) groups is 1. The Labute approximate surface area is 110 Å². The summed E-state index contributed by atoms with van der Waals surface area (Å²) >= 11 is 7.69. The number of hydrogen-bond donors (Lipinski definition) is 1. The third kappa shape index (κ3) is 2.76. The first-order valence-corrected chi connectivity index (χ1v) is 6.86. The van der Waals surface area contributed by atoms with Gasteiger partial charge in [-0.2, -0.15) is 0 Å². The van der Waals surface area contributed by atoms with Crippen molar-refractivity contribution in [2.45, 2.75) is 18.4 Å². The molecule has 0 aromatic heterocycles. The van der Waals surface area contributed by atoms with Crippen molar-refractivity contribution in [3.05, 3.63) is 34.9 Å². The van der Waals surface area contributed by atoms with Crippen LogP contribution in [0.3, 0.4) is 0 Å². The van der Waals surface area contributed by atoms with Crippen LogP contribution in [0, 0.1) is 0 Å². The van der Waals surface area contributed by atoms with Crippen molar-refractivity contribution in [2.24, 2.45) is 0 Å². The van der Waals surface area contributed by atoms with Gasteiger partial charge in [0, 0.05) is 17.1 Å². The number of thioether (sulfide) groups is 1. The minimum atomic E-state index is -0.525. The van der Waals surface area contributed by atoms with E-state index >= 15 is 0 Å². The van der Waals surface area contributed by atoms with Crippen LogP contribution in [0.5, 0.6) is 0 Å². The standard InChI is InChI=1S/C12H14ClNO2S/c1-8(15)6-14-11(16)7-17-12(14)9-4-2-3-5-10(9)13/h2-5,8,12,15H,6-7H2,1H3/t8-,12+/m0/s1. The lowest BCUT2D eigenvalue weighted by molar-refractivity contribution is -0.129. The first kappa shape index (κ1) is 12.7. The molecule has 1 saturated heterocycles. The van der Waals surface area contributed by atoms with Crippen LogP contribution in [0.1, 0.15) is 17.9 Å². The van der Waals surface area contributed by atoms with Gasteiger partial charge in [0.2, 0.25) is 5.91 Å². The third-order valence-corrected chi connectivity index (χ3v) is 4.18. The van der Waals surface area contributed by atoms with Crippen molar-refractivity contribution in [2.75, 3.05) is 12.3 Å². The van der Waals surface area contributed by atoms with Gasteiger partial charge >= 0.3 is 0 Å². The number of amides is 1. The molecule has 92 valence electrons. The molecule has 1 N–H and O–H groups in total. The van der Waals surface area contributed by atoms with Crippen LogP contribution in [0.25, 0.3) is 0 Å². The summed E-state index contributed by atoms with van der Waals surface area (Å²) in [6.07, 6.45) is -0.525. The van der Waals surface area contributed by atoms with E-state index < -0.39 is 6.10 Å². The molecule has 1 fully saturated rings. The molecule has 17 heavy (non-hydrogen) atoms. The molecule has 0 saturated carbocycles. The summed E-state index contributed by atoms with van der Waals surface area (Å²) in [5, 5.41) is 10.0. The minimum Gasteiger partial charge on any atom is -0.392 e. The van der Waals surface area contributed by atoms with Crippen molar-refractivity contribution in [3.63, 3.8) is 0 Å². The van der Waals surface area contributed by atoms with Gasteiger partial charge < -0.3 is 10.0 Å². The van der Waals surface area contributed by atoms with Gasteiger partial charge in [-0.1, -0.05) is 29.8 Å². The first-order chi connectivity index (χ1) is 8.09. The zero-order valence-electron chi connectivity index (χ0n) is 9.47. The van der Waals surface area contributed by atoms with E-state index in [1.807, 2.05) is 24.3 Å². The average Bonchev–Trinajstić information content (AvgIpc) is 2.61. The normalized spacial score (nSPS) is 21.9. The largest absolute Gasteiger partial charge is 0.392 e. The monoisotopic (exact) mass is 271 g/mol. The van der Waals surface area contributed by atoms with Gasteiger partial charge in [-0.15, -0.1) is 11.8 Å². The number of aliphatic hydroxyl groups excluding tert-OH is 1. The second-order valence-electron chi connectivity index (χ2n) is 4.08. The summed E-state index contributed by atoms with van der Waals surface area (Å²) in [5.74, 6) is 0.503. The van der Waals surface area contributed by atoms with Gasteiger partial charge in [0.15, 0.2) is 0 Å². The van der Waals surface area contributed by atoms with Crippen molar-refractivity contribution < 1.29 is 9.90 Å². The average molecular weight is 272 g/mol. The Morgan fingerprint density at radius 1 is 1.59 bits per heavy atom. The zero-order valence-corrected chi connectivity index (χ0v) is 11.0. The second kappa shape index (κ2) is 5.29. The fourth-order valence-corrected chi connectivity index (χ4v) is 3.41. The number of halogens is 1. The van der Waals surface area contributed by atoms with Crippen LogP contribution in [-0.4, -0.2) is 34.3 Å². The Morgan fingerprint density at radius 2 is 2.29 bits per heavy atom. The maximum atomic E-state index is 11.8. The summed E-state index contributed by atoms with van der Waals surface area (Å²) < 4.78 is 0. The molecule has 0 radical (unpaired) electrons. The molecule has 1 aromatic rings. The molecule has 1 aliphatic heterocycles. The summed E-state index contributed by atoms with van der Waals surface area (Å²) in [7, 11) is 0. The highest BCUT2D eigenvalue weighted by atomic mass is 35.5. The topological polar surface area (TPSA) is 40.5 Å². The number of aliphatic hydroxyl groups is 1. The van der Waals surface area contributed by atoms with E-state index in [0.29, 0.717) is 17.3 Å². The molecule has 5 heteroatoms. The Bertz CT molecular complexity index is 425. The quantitative estimate of drug-likeness (QED) is 0.917. The van der Waals surface area contributed by atoms with Crippen LogP contribution >= 0.6 is 23.4 Å². The van der Waals surface area contributed by atoms with Gasteiger partial charge in [-0.3, -0.25) is 4.79 Å². The molecule has 3 nitrogen and oxygen atoms in total. The van der Waals surface area contributed by atoms with Gasteiger partial charge in [0.05, 0.1) is 11.9 Å². The molecule has 1 heterocycles. The molecule has 0 bridgehead atoms. The Balaban J connectivity index is 2.25. The number of carbonyl (C=O) groups excluding carboxylic acids is 1. The van der Waals surface area contributed by atoms with Crippen molar-refractivity contribution in [1.82, 2.24) is 4.90 Å². The van der Waals surface area contributed by atoms with Crippen LogP contribution in [-0.2, 0) is 4.79 Å². The van der Waals surface area contributed by atoms with Gasteiger partial charge in [-0.05, 0) is 13.0 Å². The van der Waals surface area contributed by atoms with E-state index in [1.165, 1.54) is 0 Å². The molecule has 1 aromatic carbocycles. The number of hydrogen-bond acceptors (Lipinski definition) is 3. The fraction of sp³-hybridized carbons (Fsp3) is 0.417. The van der Waals surface area contributed by atoms with Crippen LogP contribution < -0.4 is 0 Å². The van der Waals surface area contributed by atoms with Crippen molar-refractivity contribution in [3.8, 4) is 0 Å². The minimum absolute atomic E-state index is 0.0563. The summed E-state index contributed by atoms with van der Waals surface area (Å²) in [4.78, 5) is 13.4. The molecule has 1 aliphatic rings. The van der Waals surface area contributed by atoms with Crippen molar-refractivity contribution in [1.29, 1.82) is 0 Å². The van der Waals surface area contributed by atoms with Crippen LogP contribution in [0.15, 0.2) is 24.3 Å². The number of rotatable bonds is 3. The van der Waals surface area contributed by atoms with E-state index in [0.717, 1.165) is 5.56 Å². The Kier molecular flexibility index (Phi) is 3.97. The van der Waals surface area contributed by atoms with E-state index in [2.05, 4.69) is 0 Å². The zero-order chi connectivity index (χ0) is 12.4. The number of benzene rings is 1. The molecular weight excluding hydrogens is 258 g/mol. The fourth-order valence-electron chi connectivity index (χ4n) is 1.87. The highest BCUT2D eigenvalue weighted by Crippen LogP contribution is 2.41. The lowest BCUT2D eigenvalue weighted by Gasteiger charge is -2.26. The Morgan fingerprint density at radius 3 is 2.94 bits per heavy atom. The number of β-amino-alcohol motifs (C(OH)–C–C–N with tert-alkyl or cyclic N) is 1. The maximum Gasteiger partial charge on any atom is 0.233 e. The molecular formula is C12H14ClNO2S. The van der Waals surface area contributed by atoms with E-state index in [4.69, 9.17) is 11.6 Å². The third-order valence-electron chi connectivity index (χ3n) is 2.60. The molecule has 2 rings (SSSR count). The van der Waals surface area contributed by atoms with Crippen LogP contribution in [0.2, 0.25) is 5.02 Å². The molecule has 0 spiro atoms. The highest BCUT2D eigenvalue weighted by molar-refractivity contribution is 8.00. The smallest absolute Gasteiger partial charge is 0.233 e. The predicted octanol–water partition coefficient (Wildman–Crippen LogP) is 2.29. The summed E-state index contributed by atoms with van der Waals surface area (Å²) in [6.45, 7) is 2.03. The SMILES string of the molecule is C[C@H](O)CN1C(=O)CS[C@@H]1c1ccccc1Cl. The van der Waals surface area contributed by atoms with Gasteiger partial charge in [0.25, 0.3) is 0 Å². The summed E-state index contributed by atoms with van der Waals surface area (Å²) in [6, 6.07) is 7.52.